The monoisotopic (exact) mass is 347 g/mol. The Morgan fingerprint density at radius 3 is 2.62 bits per heavy atom. The minimum absolute atomic E-state index is 0.0473. The molecule has 0 bridgehead atoms. The van der Waals surface area contributed by atoms with Crippen LogP contribution in [0.4, 0.5) is 0 Å². The van der Waals surface area contributed by atoms with E-state index in [1.807, 2.05) is 23.6 Å². The maximum Gasteiger partial charge on any atom is 0.258 e. The lowest BCUT2D eigenvalue weighted by Gasteiger charge is -2.37. The van der Waals surface area contributed by atoms with Crippen LogP contribution in [-0.4, -0.2) is 32.8 Å². The summed E-state index contributed by atoms with van der Waals surface area (Å²) in [6.07, 6.45) is 1.54. The van der Waals surface area contributed by atoms with E-state index in [0.717, 1.165) is 17.7 Å². The predicted molar refractivity (Wildman–Crippen MR) is 92.7 cm³/mol. The highest BCUT2D eigenvalue weighted by Crippen LogP contribution is 2.35. The molecule has 24 heavy (non-hydrogen) atoms. The SMILES string of the molecule is COc1ccccc1OCC(=O)NC1(c2cccs2)CCOCC1. The highest BCUT2D eigenvalue weighted by molar-refractivity contribution is 7.10. The molecule has 1 saturated heterocycles. The Morgan fingerprint density at radius 2 is 1.96 bits per heavy atom. The molecule has 6 heteroatoms. The topological polar surface area (TPSA) is 56.8 Å². The lowest BCUT2D eigenvalue weighted by atomic mass is 9.88. The van der Waals surface area contributed by atoms with Crippen molar-refractivity contribution in [3.05, 3.63) is 46.7 Å². The van der Waals surface area contributed by atoms with Crippen LogP contribution in [0.5, 0.6) is 11.5 Å². The summed E-state index contributed by atoms with van der Waals surface area (Å²) < 4.78 is 16.3. The number of para-hydroxylation sites is 2. The van der Waals surface area contributed by atoms with Crippen LogP contribution in [0, 0.1) is 0 Å². The molecule has 1 amide bonds. The van der Waals surface area contributed by atoms with Crippen molar-refractivity contribution < 1.29 is 19.0 Å². The van der Waals surface area contributed by atoms with E-state index in [-0.39, 0.29) is 18.1 Å². The molecule has 128 valence electrons. The molecule has 0 aliphatic carbocycles. The van der Waals surface area contributed by atoms with Gasteiger partial charge in [0.2, 0.25) is 0 Å². The van der Waals surface area contributed by atoms with Gasteiger partial charge in [-0.1, -0.05) is 18.2 Å². The predicted octanol–water partition coefficient (Wildman–Crippen LogP) is 2.96. The van der Waals surface area contributed by atoms with Crippen LogP contribution in [-0.2, 0) is 15.1 Å². The van der Waals surface area contributed by atoms with Crippen molar-refractivity contribution in [2.24, 2.45) is 0 Å². The zero-order valence-corrected chi connectivity index (χ0v) is 14.4. The average Bonchev–Trinajstić information content (AvgIpc) is 3.16. The Bertz CT molecular complexity index is 665. The van der Waals surface area contributed by atoms with Gasteiger partial charge in [0.15, 0.2) is 18.1 Å². The van der Waals surface area contributed by atoms with Gasteiger partial charge < -0.3 is 19.5 Å². The quantitative estimate of drug-likeness (QED) is 0.873. The van der Waals surface area contributed by atoms with Gasteiger partial charge in [-0.2, -0.15) is 0 Å². The maximum atomic E-state index is 12.5. The Balaban J connectivity index is 1.66. The second-order valence-electron chi connectivity index (χ2n) is 5.66. The third kappa shape index (κ3) is 3.71. The Kier molecular flexibility index (Phi) is 5.37. The van der Waals surface area contributed by atoms with Gasteiger partial charge >= 0.3 is 0 Å². The molecule has 0 saturated carbocycles. The summed E-state index contributed by atoms with van der Waals surface area (Å²) in [4.78, 5) is 13.6. The van der Waals surface area contributed by atoms with Crippen LogP contribution < -0.4 is 14.8 Å². The third-order valence-electron chi connectivity index (χ3n) is 4.15. The van der Waals surface area contributed by atoms with Gasteiger partial charge in [0.25, 0.3) is 5.91 Å². The van der Waals surface area contributed by atoms with Crippen LogP contribution in [0.3, 0.4) is 0 Å². The second kappa shape index (κ2) is 7.68. The van der Waals surface area contributed by atoms with Crippen molar-refractivity contribution in [1.82, 2.24) is 5.32 Å². The number of rotatable bonds is 6. The highest BCUT2D eigenvalue weighted by atomic mass is 32.1. The highest BCUT2D eigenvalue weighted by Gasteiger charge is 2.36. The van der Waals surface area contributed by atoms with Crippen LogP contribution in [0.2, 0.25) is 0 Å². The minimum Gasteiger partial charge on any atom is -0.493 e. The zero-order chi connectivity index (χ0) is 16.8. The summed E-state index contributed by atoms with van der Waals surface area (Å²) in [5, 5.41) is 5.20. The molecule has 1 aliphatic rings. The molecule has 2 aromatic rings. The first-order chi connectivity index (χ1) is 11.7. The summed E-state index contributed by atoms with van der Waals surface area (Å²) in [5.41, 5.74) is -0.354. The van der Waals surface area contributed by atoms with Gasteiger partial charge in [-0.15, -0.1) is 11.3 Å². The third-order valence-corrected chi connectivity index (χ3v) is 5.22. The fourth-order valence-corrected chi connectivity index (χ4v) is 3.83. The first-order valence-electron chi connectivity index (χ1n) is 7.92. The van der Waals surface area contributed by atoms with Crippen molar-refractivity contribution in [3.63, 3.8) is 0 Å². The smallest absolute Gasteiger partial charge is 0.258 e. The van der Waals surface area contributed by atoms with E-state index >= 15 is 0 Å². The van der Waals surface area contributed by atoms with E-state index < -0.39 is 0 Å². The van der Waals surface area contributed by atoms with E-state index in [4.69, 9.17) is 14.2 Å². The number of nitrogens with one attached hydrogen (secondary N) is 1. The standard InChI is InChI=1S/C18H21NO4S/c1-21-14-5-2-3-6-15(14)23-13-17(20)19-18(8-10-22-11-9-18)16-7-4-12-24-16/h2-7,12H,8-11,13H2,1H3,(H,19,20). The Hall–Kier alpha value is -2.05. The first-order valence-corrected chi connectivity index (χ1v) is 8.80. The van der Waals surface area contributed by atoms with E-state index in [9.17, 15) is 4.79 Å². The molecule has 0 radical (unpaired) electrons. The molecule has 1 aromatic heterocycles. The van der Waals surface area contributed by atoms with Crippen LogP contribution in [0.1, 0.15) is 17.7 Å². The van der Waals surface area contributed by atoms with Crippen LogP contribution >= 0.6 is 11.3 Å². The van der Waals surface area contributed by atoms with E-state index in [1.54, 1.807) is 30.6 Å². The molecule has 1 fully saturated rings. The largest absolute Gasteiger partial charge is 0.493 e. The number of carbonyl (C=O) groups is 1. The molecular weight excluding hydrogens is 326 g/mol. The van der Waals surface area contributed by atoms with E-state index in [2.05, 4.69) is 11.4 Å². The second-order valence-corrected chi connectivity index (χ2v) is 6.61. The number of benzene rings is 1. The summed E-state index contributed by atoms with van der Waals surface area (Å²) in [5.74, 6) is 1.04. The zero-order valence-electron chi connectivity index (χ0n) is 13.6. The fourth-order valence-electron chi connectivity index (χ4n) is 2.89. The number of thiophene rings is 1. The molecule has 1 aromatic carbocycles. The van der Waals surface area contributed by atoms with Crippen molar-refractivity contribution in [2.75, 3.05) is 26.9 Å². The van der Waals surface area contributed by atoms with Crippen LogP contribution in [0.15, 0.2) is 41.8 Å². The van der Waals surface area contributed by atoms with E-state index in [0.29, 0.717) is 24.7 Å². The molecule has 2 heterocycles. The average molecular weight is 347 g/mol. The molecular formula is C18H21NO4S. The van der Waals surface area contributed by atoms with Gasteiger partial charge in [0, 0.05) is 18.1 Å². The summed E-state index contributed by atoms with van der Waals surface area (Å²) in [6, 6.07) is 11.4. The number of hydrogen-bond acceptors (Lipinski definition) is 5. The number of hydrogen-bond donors (Lipinski definition) is 1. The summed E-state index contributed by atoms with van der Waals surface area (Å²) in [7, 11) is 1.58. The van der Waals surface area contributed by atoms with Gasteiger partial charge in [-0.25, -0.2) is 0 Å². The van der Waals surface area contributed by atoms with Gasteiger partial charge in [-0.3, -0.25) is 4.79 Å². The van der Waals surface area contributed by atoms with Gasteiger partial charge in [0.1, 0.15) is 0 Å². The van der Waals surface area contributed by atoms with E-state index in [1.165, 1.54) is 0 Å². The van der Waals surface area contributed by atoms with Gasteiger partial charge in [-0.05, 0) is 36.4 Å². The summed E-state index contributed by atoms with van der Waals surface area (Å²) >= 11 is 1.66. The number of ether oxygens (including phenoxy) is 3. The molecule has 0 spiro atoms. The summed E-state index contributed by atoms with van der Waals surface area (Å²) in [6.45, 7) is 1.24. The number of carbonyl (C=O) groups excluding carboxylic acids is 1. The Labute approximate surface area is 145 Å². The normalized spacial score (nSPS) is 16.4. The molecule has 3 rings (SSSR count). The molecule has 0 atom stereocenters. The number of methoxy groups -OCH3 is 1. The number of amides is 1. The maximum absolute atomic E-state index is 12.5. The van der Waals surface area contributed by atoms with Gasteiger partial charge in [0.05, 0.1) is 12.6 Å². The molecule has 1 N–H and O–H groups in total. The van der Waals surface area contributed by atoms with Crippen LogP contribution in [0.25, 0.3) is 0 Å². The molecule has 5 nitrogen and oxygen atoms in total. The van der Waals surface area contributed by atoms with Crippen molar-refractivity contribution in [3.8, 4) is 11.5 Å². The molecule has 0 unspecified atom stereocenters. The van der Waals surface area contributed by atoms with Crippen molar-refractivity contribution in [2.45, 2.75) is 18.4 Å². The first kappa shape index (κ1) is 16.8. The van der Waals surface area contributed by atoms with Crippen molar-refractivity contribution in [1.29, 1.82) is 0 Å². The van der Waals surface area contributed by atoms with Crippen molar-refractivity contribution >= 4 is 17.2 Å². The lowest BCUT2D eigenvalue weighted by Crippen LogP contribution is -2.50. The molecule has 1 aliphatic heterocycles. The lowest BCUT2D eigenvalue weighted by molar-refractivity contribution is -0.126. The Morgan fingerprint density at radius 1 is 1.21 bits per heavy atom. The fraction of sp³-hybridized carbons (Fsp3) is 0.389. The minimum atomic E-state index is -0.354.